The van der Waals surface area contributed by atoms with Crippen molar-refractivity contribution in [3.8, 4) is 0 Å². The summed E-state index contributed by atoms with van der Waals surface area (Å²) in [7, 11) is 1.49. The van der Waals surface area contributed by atoms with Crippen LogP contribution in [0.2, 0.25) is 0 Å². The highest BCUT2D eigenvalue weighted by atomic mass is 32.2. The summed E-state index contributed by atoms with van der Waals surface area (Å²) in [6, 6.07) is 0.269. The third kappa shape index (κ3) is 5.15. The van der Waals surface area contributed by atoms with Gasteiger partial charge in [0.15, 0.2) is 0 Å². The van der Waals surface area contributed by atoms with Crippen LogP contribution < -0.4 is 5.32 Å². The van der Waals surface area contributed by atoms with Crippen LogP contribution in [0, 0.1) is 5.92 Å². The molecule has 1 fully saturated rings. The molecule has 124 valence electrons. The molecule has 0 bridgehead atoms. The normalized spacial score (nSPS) is 27.0. The van der Waals surface area contributed by atoms with E-state index in [-0.39, 0.29) is 18.6 Å². The van der Waals surface area contributed by atoms with Gasteiger partial charge in [-0.25, -0.2) is 0 Å². The van der Waals surface area contributed by atoms with E-state index in [1.165, 1.54) is 7.11 Å². The topological polar surface area (TPSA) is 58.6 Å². The summed E-state index contributed by atoms with van der Waals surface area (Å²) in [4.78, 5) is 12.4. The SMILES string of the molecule is COC(=O)C1(NC(C)C)CCCC1CCSC(C)CCO. The van der Waals surface area contributed by atoms with Crippen molar-refractivity contribution in [1.82, 2.24) is 5.32 Å². The lowest BCUT2D eigenvalue weighted by Crippen LogP contribution is -2.57. The number of thioether (sulfide) groups is 1. The Kier molecular flexibility index (Phi) is 8.06. The number of ether oxygens (including phenoxy) is 1. The summed E-state index contributed by atoms with van der Waals surface area (Å²) < 4.78 is 5.09. The van der Waals surface area contributed by atoms with Gasteiger partial charge >= 0.3 is 5.97 Å². The maximum atomic E-state index is 12.4. The van der Waals surface area contributed by atoms with Crippen molar-refractivity contribution in [1.29, 1.82) is 0 Å². The second kappa shape index (κ2) is 9.01. The highest BCUT2D eigenvalue weighted by Crippen LogP contribution is 2.40. The number of aliphatic hydroxyl groups is 1. The van der Waals surface area contributed by atoms with Crippen molar-refractivity contribution in [2.45, 2.75) is 69.7 Å². The lowest BCUT2D eigenvalue weighted by molar-refractivity contribution is -0.150. The summed E-state index contributed by atoms with van der Waals surface area (Å²) in [5.74, 6) is 1.28. The molecule has 0 aliphatic heterocycles. The number of rotatable bonds is 9. The Labute approximate surface area is 133 Å². The van der Waals surface area contributed by atoms with E-state index in [2.05, 4.69) is 26.1 Å². The molecule has 0 spiro atoms. The summed E-state index contributed by atoms with van der Waals surface area (Å²) in [6.07, 6.45) is 4.90. The molecular formula is C16H31NO3S. The lowest BCUT2D eigenvalue weighted by atomic mass is 9.84. The smallest absolute Gasteiger partial charge is 0.326 e. The molecule has 3 unspecified atom stereocenters. The second-order valence-corrected chi connectivity index (χ2v) is 7.88. The first-order valence-corrected chi connectivity index (χ1v) is 9.09. The Morgan fingerprint density at radius 3 is 2.76 bits per heavy atom. The molecule has 2 N–H and O–H groups in total. The van der Waals surface area contributed by atoms with Crippen molar-refractivity contribution in [2.24, 2.45) is 5.92 Å². The third-order valence-electron chi connectivity index (χ3n) is 4.32. The highest BCUT2D eigenvalue weighted by molar-refractivity contribution is 7.99. The first-order chi connectivity index (χ1) is 9.96. The fourth-order valence-corrected chi connectivity index (χ4v) is 4.46. The lowest BCUT2D eigenvalue weighted by Gasteiger charge is -2.35. The van der Waals surface area contributed by atoms with Crippen molar-refractivity contribution in [3.63, 3.8) is 0 Å². The quantitative estimate of drug-likeness (QED) is 0.640. The predicted octanol–water partition coefficient (Wildman–Crippen LogP) is 2.59. The van der Waals surface area contributed by atoms with Gasteiger partial charge in [-0.15, -0.1) is 0 Å². The van der Waals surface area contributed by atoms with Crippen LogP contribution in [0.1, 0.15) is 52.9 Å². The molecule has 3 atom stereocenters. The maximum Gasteiger partial charge on any atom is 0.326 e. The van der Waals surface area contributed by atoms with Gasteiger partial charge in [0.05, 0.1) is 7.11 Å². The molecule has 0 aromatic rings. The summed E-state index contributed by atoms with van der Waals surface area (Å²) in [5.41, 5.74) is -0.496. The molecule has 5 heteroatoms. The van der Waals surface area contributed by atoms with E-state index in [0.29, 0.717) is 11.2 Å². The molecule has 1 rings (SSSR count). The Morgan fingerprint density at radius 2 is 2.19 bits per heavy atom. The number of carbonyl (C=O) groups excluding carboxylic acids is 1. The minimum Gasteiger partial charge on any atom is -0.468 e. The van der Waals surface area contributed by atoms with E-state index < -0.39 is 5.54 Å². The molecular weight excluding hydrogens is 286 g/mol. The van der Waals surface area contributed by atoms with E-state index in [9.17, 15) is 4.79 Å². The van der Waals surface area contributed by atoms with Crippen molar-refractivity contribution >= 4 is 17.7 Å². The fourth-order valence-electron chi connectivity index (χ4n) is 3.36. The van der Waals surface area contributed by atoms with Gasteiger partial charge in [0.25, 0.3) is 0 Å². The Hall–Kier alpha value is -0.260. The Bertz CT molecular complexity index is 325. The molecule has 0 heterocycles. The zero-order valence-corrected chi connectivity index (χ0v) is 14.7. The van der Waals surface area contributed by atoms with Gasteiger partial charge in [0, 0.05) is 17.9 Å². The van der Waals surface area contributed by atoms with E-state index in [0.717, 1.165) is 37.9 Å². The van der Waals surface area contributed by atoms with Crippen LogP contribution in [0.3, 0.4) is 0 Å². The zero-order valence-electron chi connectivity index (χ0n) is 13.9. The summed E-state index contributed by atoms with van der Waals surface area (Å²) in [6.45, 7) is 6.56. The number of esters is 1. The maximum absolute atomic E-state index is 12.4. The van der Waals surface area contributed by atoms with Crippen LogP contribution in [0.25, 0.3) is 0 Å². The third-order valence-corrected chi connectivity index (χ3v) is 5.60. The van der Waals surface area contributed by atoms with Gasteiger partial charge in [0.2, 0.25) is 0 Å². The van der Waals surface area contributed by atoms with Crippen LogP contribution >= 0.6 is 11.8 Å². The average molecular weight is 317 g/mol. The number of methoxy groups -OCH3 is 1. The fraction of sp³-hybridized carbons (Fsp3) is 0.938. The minimum atomic E-state index is -0.496. The van der Waals surface area contributed by atoms with Crippen molar-refractivity contribution < 1.29 is 14.6 Å². The van der Waals surface area contributed by atoms with Gasteiger partial charge < -0.3 is 9.84 Å². The van der Waals surface area contributed by atoms with Crippen LogP contribution in [0.4, 0.5) is 0 Å². The first-order valence-electron chi connectivity index (χ1n) is 8.04. The molecule has 0 amide bonds. The van der Waals surface area contributed by atoms with Gasteiger partial charge in [-0.05, 0) is 51.2 Å². The molecule has 1 aliphatic carbocycles. The first kappa shape index (κ1) is 18.8. The van der Waals surface area contributed by atoms with Gasteiger partial charge in [0.1, 0.15) is 5.54 Å². The van der Waals surface area contributed by atoms with Gasteiger partial charge in [-0.3, -0.25) is 10.1 Å². The number of hydrogen-bond donors (Lipinski definition) is 2. The largest absolute Gasteiger partial charge is 0.468 e. The molecule has 21 heavy (non-hydrogen) atoms. The molecule has 4 nitrogen and oxygen atoms in total. The van der Waals surface area contributed by atoms with Gasteiger partial charge in [-0.1, -0.05) is 13.3 Å². The molecule has 0 aromatic heterocycles. The Balaban J connectivity index is 2.63. The Morgan fingerprint density at radius 1 is 1.48 bits per heavy atom. The second-order valence-electron chi connectivity index (χ2n) is 6.33. The predicted molar refractivity (Wildman–Crippen MR) is 88.6 cm³/mol. The van der Waals surface area contributed by atoms with Crippen molar-refractivity contribution in [3.05, 3.63) is 0 Å². The average Bonchev–Trinajstić information content (AvgIpc) is 2.81. The molecule has 1 saturated carbocycles. The van der Waals surface area contributed by atoms with E-state index in [4.69, 9.17) is 9.84 Å². The van der Waals surface area contributed by atoms with E-state index in [1.54, 1.807) is 0 Å². The summed E-state index contributed by atoms with van der Waals surface area (Å²) >= 11 is 1.89. The molecule has 1 aliphatic rings. The number of nitrogens with one attached hydrogen (secondary N) is 1. The minimum absolute atomic E-state index is 0.105. The highest BCUT2D eigenvalue weighted by Gasteiger charge is 2.49. The van der Waals surface area contributed by atoms with Gasteiger partial charge in [-0.2, -0.15) is 11.8 Å². The number of hydrogen-bond acceptors (Lipinski definition) is 5. The van der Waals surface area contributed by atoms with Crippen LogP contribution in [-0.2, 0) is 9.53 Å². The van der Waals surface area contributed by atoms with Crippen LogP contribution in [-0.4, -0.2) is 47.4 Å². The summed E-state index contributed by atoms with van der Waals surface area (Å²) in [5, 5.41) is 12.9. The monoisotopic (exact) mass is 317 g/mol. The zero-order chi connectivity index (χ0) is 15.9. The molecule has 0 radical (unpaired) electrons. The van der Waals surface area contributed by atoms with Crippen LogP contribution in [0.5, 0.6) is 0 Å². The molecule has 0 aromatic carbocycles. The van der Waals surface area contributed by atoms with Crippen LogP contribution in [0.15, 0.2) is 0 Å². The van der Waals surface area contributed by atoms with E-state index >= 15 is 0 Å². The standard InChI is InChI=1S/C16H31NO3S/c1-12(2)17-16(15(19)20-4)9-5-6-14(16)8-11-21-13(3)7-10-18/h12-14,17-18H,5-11H2,1-4H3. The van der Waals surface area contributed by atoms with Crippen molar-refractivity contribution in [2.75, 3.05) is 19.5 Å². The number of carbonyl (C=O) groups is 1. The molecule has 0 saturated heterocycles. The van der Waals surface area contributed by atoms with E-state index in [1.807, 2.05) is 11.8 Å². The number of aliphatic hydroxyl groups excluding tert-OH is 1.